The summed E-state index contributed by atoms with van der Waals surface area (Å²) in [5.74, 6) is 0.188. The number of nitriles is 1. The van der Waals surface area contributed by atoms with E-state index >= 15 is 0 Å². The minimum absolute atomic E-state index is 0.00572. The zero-order chi connectivity index (χ0) is 21.2. The maximum Gasteiger partial charge on any atom is 0.243 e. The Kier molecular flexibility index (Phi) is 6.32. The largest absolute Gasteiger partial charge is 0.341 e. The molecule has 0 bridgehead atoms. The Morgan fingerprint density at radius 2 is 1.90 bits per heavy atom. The monoisotopic (exact) mass is 418 g/mol. The molecule has 2 saturated heterocycles. The minimum atomic E-state index is -3.61. The van der Waals surface area contributed by atoms with Crippen LogP contribution in [0.5, 0.6) is 0 Å². The predicted octanol–water partition coefficient (Wildman–Crippen LogP) is 1.90. The molecule has 2 fully saturated rings. The lowest BCUT2D eigenvalue weighted by atomic mass is 9.92. The quantitative estimate of drug-likeness (QED) is 0.729. The number of rotatable bonds is 5. The van der Waals surface area contributed by atoms with Crippen LogP contribution in [0.4, 0.5) is 0 Å². The van der Waals surface area contributed by atoms with Crippen molar-refractivity contribution < 1.29 is 13.2 Å². The topological polar surface area (TPSA) is 84.7 Å². The lowest BCUT2D eigenvalue weighted by Gasteiger charge is -2.45. The van der Waals surface area contributed by atoms with Crippen LogP contribution in [0, 0.1) is 17.2 Å². The van der Waals surface area contributed by atoms with Gasteiger partial charge in [-0.3, -0.25) is 9.69 Å². The molecule has 2 aliphatic heterocycles. The molecule has 0 N–H and O–H groups in total. The average Bonchev–Trinajstić information content (AvgIpc) is 3.19. The van der Waals surface area contributed by atoms with Crippen molar-refractivity contribution in [3.8, 4) is 6.07 Å². The van der Waals surface area contributed by atoms with E-state index in [0.29, 0.717) is 31.7 Å². The van der Waals surface area contributed by atoms with Gasteiger partial charge in [0, 0.05) is 50.7 Å². The second kappa shape index (κ2) is 8.42. The molecule has 3 rings (SSSR count). The van der Waals surface area contributed by atoms with Gasteiger partial charge in [-0.1, -0.05) is 26.8 Å². The Hall–Kier alpha value is -1.95. The van der Waals surface area contributed by atoms with E-state index in [1.54, 1.807) is 18.2 Å². The third kappa shape index (κ3) is 4.18. The highest BCUT2D eigenvalue weighted by Crippen LogP contribution is 2.33. The summed E-state index contributed by atoms with van der Waals surface area (Å²) in [6.45, 7) is 9.63. The highest BCUT2D eigenvalue weighted by Gasteiger charge is 2.45. The van der Waals surface area contributed by atoms with Crippen LogP contribution in [0.1, 0.15) is 39.2 Å². The molecule has 7 nitrogen and oxygen atoms in total. The third-order valence-corrected chi connectivity index (χ3v) is 8.20. The van der Waals surface area contributed by atoms with Gasteiger partial charge >= 0.3 is 0 Å². The van der Waals surface area contributed by atoms with Crippen LogP contribution >= 0.6 is 0 Å². The van der Waals surface area contributed by atoms with E-state index in [1.165, 1.54) is 10.4 Å². The fourth-order valence-corrected chi connectivity index (χ4v) is 5.93. The van der Waals surface area contributed by atoms with Gasteiger partial charge < -0.3 is 4.90 Å². The number of nitrogens with zero attached hydrogens (tertiary/aromatic N) is 4. The summed E-state index contributed by atoms with van der Waals surface area (Å²) < 4.78 is 27.5. The van der Waals surface area contributed by atoms with Crippen molar-refractivity contribution in [3.63, 3.8) is 0 Å². The molecule has 2 aliphatic rings. The Morgan fingerprint density at radius 1 is 1.21 bits per heavy atom. The van der Waals surface area contributed by atoms with Gasteiger partial charge in [0.05, 0.1) is 16.5 Å². The molecule has 8 heteroatoms. The van der Waals surface area contributed by atoms with Crippen LogP contribution in [-0.4, -0.2) is 73.2 Å². The first-order valence-corrected chi connectivity index (χ1v) is 11.7. The van der Waals surface area contributed by atoms with Crippen molar-refractivity contribution >= 4 is 15.9 Å². The number of carbonyl (C=O) groups excluding carboxylic acids is 1. The molecule has 1 aromatic rings. The molecule has 0 saturated carbocycles. The molecule has 29 heavy (non-hydrogen) atoms. The van der Waals surface area contributed by atoms with Gasteiger partial charge in [0.1, 0.15) is 0 Å². The summed E-state index contributed by atoms with van der Waals surface area (Å²) in [5, 5.41) is 9.05. The first-order valence-electron chi connectivity index (χ1n) is 10.3. The van der Waals surface area contributed by atoms with Crippen LogP contribution in [0.3, 0.4) is 0 Å². The Morgan fingerprint density at radius 3 is 2.48 bits per heavy atom. The summed E-state index contributed by atoms with van der Waals surface area (Å²) in [5.41, 5.74) is 0.275. The average molecular weight is 419 g/mol. The van der Waals surface area contributed by atoms with E-state index < -0.39 is 10.0 Å². The normalized spacial score (nSPS) is 24.0. The SMILES string of the molecule is CC[C@]1(N2CCN(S(=O)(=O)c3cccc(C#N)c3)CC2)CCN(C(=O)C(C)C)C1. The number of piperazine rings is 1. The molecule has 1 atom stereocenters. The van der Waals surface area contributed by atoms with Crippen molar-refractivity contribution in [2.45, 2.75) is 44.0 Å². The molecule has 1 amide bonds. The van der Waals surface area contributed by atoms with Crippen LogP contribution < -0.4 is 0 Å². The summed E-state index contributed by atoms with van der Waals surface area (Å²) in [6.07, 6.45) is 1.87. The van der Waals surface area contributed by atoms with Gasteiger partial charge in [0.2, 0.25) is 15.9 Å². The summed E-state index contributed by atoms with van der Waals surface area (Å²) in [6, 6.07) is 8.18. The standard InChI is InChI=1S/C21H30N4O3S/c1-4-21(8-9-23(16-21)20(26)17(2)3)24-10-12-25(13-11-24)29(27,28)19-7-5-6-18(14-19)15-22/h5-7,14,17H,4,8-13,16H2,1-3H3/t21-/m0/s1. The molecule has 2 heterocycles. The van der Waals surface area contributed by atoms with Crippen LogP contribution in [0.2, 0.25) is 0 Å². The molecular formula is C21H30N4O3S. The second-order valence-corrected chi connectivity index (χ2v) is 10.2. The highest BCUT2D eigenvalue weighted by atomic mass is 32.2. The Bertz CT molecular complexity index is 901. The van der Waals surface area contributed by atoms with Crippen LogP contribution in [0.15, 0.2) is 29.2 Å². The number of amides is 1. The Labute approximate surface area is 173 Å². The second-order valence-electron chi connectivity index (χ2n) is 8.27. The number of likely N-dealkylation sites (tertiary alicyclic amines) is 1. The lowest BCUT2D eigenvalue weighted by molar-refractivity contribution is -0.134. The highest BCUT2D eigenvalue weighted by molar-refractivity contribution is 7.89. The van der Waals surface area contributed by atoms with Gasteiger partial charge in [-0.05, 0) is 31.0 Å². The molecule has 0 radical (unpaired) electrons. The van der Waals surface area contributed by atoms with Gasteiger partial charge in [-0.15, -0.1) is 0 Å². The number of benzene rings is 1. The van der Waals surface area contributed by atoms with Crippen LogP contribution in [0.25, 0.3) is 0 Å². The number of sulfonamides is 1. The zero-order valence-corrected chi connectivity index (χ0v) is 18.3. The minimum Gasteiger partial charge on any atom is -0.341 e. The maximum absolute atomic E-state index is 13.0. The van der Waals surface area contributed by atoms with Gasteiger partial charge in [-0.2, -0.15) is 9.57 Å². The molecule has 0 spiro atoms. The van der Waals surface area contributed by atoms with Gasteiger partial charge in [0.15, 0.2) is 0 Å². The summed E-state index contributed by atoms with van der Waals surface area (Å²) in [4.78, 5) is 16.9. The number of carbonyl (C=O) groups is 1. The smallest absolute Gasteiger partial charge is 0.243 e. The van der Waals surface area contributed by atoms with Crippen LogP contribution in [-0.2, 0) is 14.8 Å². The predicted molar refractivity (Wildman–Crippen MR) is 111 cm³/mol. The molecule has 1 aromatic carbocycles. The zero-order valence-electron chi connectivity index (χ0n) is 17.5. The first-order chi connectivity index (χ1) is 13.7. The molecule has 158 valence electrons. The van der Waals surface area contributed by atoms with Gasteiger partial charge in [-0.25, -0.2) is 8.42 Å². The third-order valence-electron chi connectivity index (χ3n) is 6.31. The van der Waals surface area contributed by atoms with Gasteiger partial charge in [0.25, 0.3) is 0 Å². The van der Waals surface area contributed by atoms with Crippen molar-refractivity contribution in [2.24, 2.45) is 5.92 Å². The first kappa shape index (κ1) is 21.8. The van der Waals surface area contributed by atoms with E-state index in [2.05, 4.69) is 11.8 Å². The molecule has 0 aliphatic carbocycles. The number of hydrogen-bond acceptors (Lipinski definition) is 5. The van der Waals surface area contributed by atoms with E-state index in [1.807, 2.05) is 24.8 Å². The summed E-state index contributed by atoms with van der Waals surface area (Å²) >= 11 is 0. The molecular weight excluding hydrogens is 388 g/mol. The van der Waals surface area contributed by atoms with E-state index in [4.69, 9.17) is 5.26 Å². The number of hydrogen-bond donors (Lipinski definition) is 0. The van der Waals surface area contributed by atoms with E-state index in [9.17, 15) is 13.2 Å². The Balaban J connectivity index is 1.69. The van der Waals surface area contributed by atoms with Crippen molar-refractivity contribution in [3.05, 3.63) is 29.8 Å². The summed E-state index contributed by atoms with van der Waals surface area (Å²) in [7, 11) is -3.61. The maximum atomic E-state index is 13.0. The molecule has 0 aromatic heterocycles. The van der Waals surface area contributed by atoms with E-state index in [-0.39, 0.29) is 22.3 Å². The van der Waals surface area contributed by atoms with Crippen molar-refractivity contribution in [1.82, 2.24) is 14.1 Å². The lowest BCUT2D eigenvalue weighted by Crippen LogP contribution is -2.59. The van der Waals surface area contributed by atoms with Crippen molar-refractivity contribution in [2.75, 3.05) is 39.3 Å². The fourth-order valence-electron chi connectivity index (χ4n) is 4.46. The fraction of sp³-hybridized carbons (Fsp3) is 0.619. The van der Waals surface area contributed by atoms with E-state index in [0.717, 1.165) is 25.9 Å². The van der Waals surface area contributed by atoms with Crippen molar-refractivity contribution in [1.29, 1.82) is 5.26 Å². The molecule has 0 unspecified atom stereocenters.